The number of H-pyrrole nitrogens is 1. The van der Waals surface area contributed by atoms with Crippen LogP contribution in [0.2, 0.25) is 0 Å². The number of hydrogen-bond acceptors (Lipinski definition) is 7. The molecule has 2 aromatic heterocycles. The number of ketones is 1. The fourth-order valence-electron chi connectivity index (χ4n) is 2.84. The van der Waals surface area contributed by atoms with Gasteiger partial charge in [-0.3, -0.25) is 4.79 Å². The minimum atomic E-state index is -0.590. The number of aromatic amines is 1. The number of nitrogens with one attached hydrogen (secondary N) is 1. The summed E-state index contributed by atoms with van der Waals surface area (Å²) in [5.41, 5.74) is 2.66. The molecule has 1 aromatic carbocycles. The van der Waals surface area contributed by atoms with Crippen LogP contribution in [0.25, 0.3) is 11.5 Å². The predicted octanol–water partition coefficient (Wildman–Crippen LogP) is 3.25. The lowest BCUT2D eigenvalue weighted by Gasteiger charge is -2.02. The zero-order valence-electron chi connectivity index (χ0n) is 15.5. The zero-order chi connectivity index (χ0) is 19.6. The number of carbonyl (C=O) groups is 2. The minimum Gasteiger partial charge on any atom is -0.497 e. The van der Waals surface area contributed by atoms with Crippen molar-refractivity contribution in [1.82, 2.24) is 15.2 Å². The highest BCUT2D eigenvalue weighted by Gasteiger charge is 2.21. The van der Waals surface area contributed by atoms with E-state index in [4.69, 9.17) is 13.9 Å². The molecule has 0 radical (unpaired) electrons. The van der Waals surface area contributed by atoms with E-state index in [-0.39, 0.29) is 24.0 Å². The standard InChI is InChI=1S/C19H19N3O5/c1-10-16(12(3)23)11(2)20-17(10)19(24)26-9-15-21-22-18(27-15)13-5-7-14(25-4)8-6-13/h5-8,20H,9H2,1-4H3. The molecule has 0 bridgehead atoms. The molecular weight excluding hydrogens is 350 g/mol. The predicted molar refractivity (Wildman–Crippen MR) is 95.7 cm³/mol. The van der Waals surface area contributed by atoms with E-state index in [1.54, 1.807) is 45.2 Å². The fraction of sp³-hybridized carbons (Fsp3) is 0.263. The number of aryl methyl sites for hydroxylation is 1. The Morgan fingerprint density at radius 2 is 1.85 bits per heavy atom. The molecule has 0 unspecified atom stereocenters. The van der Waals surface area contributed by atoms with Crippen LogP contribution in [0.1, 0.15) is 44.9 Å². The summed E-state index contributed by atoms with van der Waals surface area (Å²) in [5.74, 6) is 0.499. The average Bonchev–Trinajstić information content (AvgIpc) is 3.24. The van der Waals surface area contributed by atoms with Crippen LogP contribution in [0.15, 0.2) is 28.7 Å². The van der Waals surface area contributed by atoms with Crippen LogP contribution in [0.4, 0.5) is 0 Å². The Morgan fingerprint density at radius 3 is 2.44 bits per heavy atom. The van der Waals surface area contributed by atoms with Crippen molar-refractivity contribution in [1.29, 1.82) is 0 Å². The Morgan fingerprint density at radius 1 is 1.15 bits per heavy atom. The molecule has 0 aliphatic heterocycles. The quantitative estimate of drug-likeness (QED) is 0.525. The molecule has 8 heteroatoms. The van der Waals surface area contributed by atoms with Gasteiger partial charge in [0.25, 0.3) is 5.89 Å². The molecule has 1 N–H and O–H groups in total. The van der Waals surface area contributed by atoms with Gasteiger partial charge in [-0.2, -0.15) is 0 Å². The van der Waals surface area contributed by atoms with E-state index < -0.39 is 5.97 Å². The summed E-state index contributed by atoms with van der Waals surface area (Å²) in [6, 6.07) is 7.14. The summed E-state index contributed by atoms with van der Waals surface area (Å²) < 4.78 is 15.9. The summed E-state index contributed by atoms with van der Waals surface area (Å²) in [6.07, 6.45) is 0. The third kappa shape index (κ3) is 3.74. The van der Waals surface area contributed by atoms with Crippen molar-refractivity contribution in [2.45, 2.75) is 27.4 Å². The first kappa shape index (κ1) is 18.4. The number of nitrogens with zero attached hydrogens (tertiary/aromatic N) is 2. The van der Waals surface area contributed by atoms with E-state index in [2.05, 4.69) is 15.2 Å². The van der Waals surface area contributed by atoms with Crippen LogP contribution in [-0.4, -0.2) is 34.0 Å². The van der Waals surface area contributed by atoms with Crippen LogP contribution in [0, 0.1) is 13.8 Å². The Balaban J connectivity index is 1.69. The topological polar surface area (TPSA) is 107 Å². The van der Waals surface area contributed by atoms with Crippen molar-refractivity contribution in [3.05, 3.63) is 52.7 Å². The second kappa shape index (κ2) is 7.45. The molecule has 0 saturated heterocycles. The molecule has 3 aromatic rings. The van der Waals surface area contributed by atoms with Crippen molar-refractivity contribution in [3.8, 4) is 17.2 Å². The third-order valence-corrected chi connectivity index (χ3v) is 4.12. The maximum atomic E-state index is 12.3. The van der Waals surface area contributed by atoms with E-state index in [1.165, 1.54) is 6.92 Å². The summed E-state index contributed by atoms with van der Waals surface area (Å²) in [5, 5.41) is 7.84. The van der Waals surface area contributed by atoms with Crippen molar-refractivity contribution in [2.75, 3.05) is 7.11 Å². The monoisotopic (exact) mass is 369 g/mol. The molecule has 27 heavy (non-hydrogen) atoms. The molecule has 8 nitrogen and oxygen atoms in total. The highest BCUT2D eigenvalue weighted by atomic mass is 16.5. The number of Topliss-reactive ketones (excluding diaryl/α,β-unsaturated/α-hetero) is 1. The van der Waals surface area contributed by atoms with E-state index >= 15 is 0 Å². The lowest BCUT2D eigenvalue weighted by Crippen LogP contribution is -2.08. The SMILES string of the molecule is COc1ccc(-c2nnc(COC(=O)c3[nH]c(C)c(C(C)=O)c3C)o2)cc1. The largest absolute Gasteiger partial charge is 0.497 e. The number of benzene rings is 1. The second-order valence-electron chi connectivity index (χ2n) is 5.99. The van der Waals surface area contributed by atoms with Crippen molar-refractivity contribution in [3.63, 3.8) is 0 Å². The van der Waals surface area contributed by atoms with Crippen LogP contribution in [0.5, 0.6) is 5.75 Å². The third-order valence-electron chi connectivity index (χ3n) is 4.12. The number of hydrogen-bond donors (Lipinski definition) is 1. The molecule has 3 rings (SSSR count). The summed E-state index contributed by atoms with van der Waals surface area (Å²) in [7, 11) is 1.58. The maximum absolute atomic E-state index is 12.3. The first-order valence-electron chi connectivity index (χ1n) is 8.24. The fourth-order valence-corrected chi connectivity index (χ4v) is 2.84. The van der Waals surface area contributed by atoms with E-state index in [0.717, 1.165) is 5.56 Å². The molecule has 0 aliphatic carbocycles. The van der Waals surface area contributed by atoms with Gasteiger partial charge in [-0.25, -0.2) is 4.79 Å². The van der Waals surface area contributed by atoms with Gasteiger partial charge in [0.05, 0.1) is 7.11 Å². The molecule has 140 valence electrons. The lowest BCUT2D eigenvalue weighted by atomic mass is 10.1. The van der Waals surface area contributed by atoms with E-state index in [0.29, 0.717) is 28.5 Å². The number of esters is 1. The smallest absolute Gasteiger partial charge is 0.355 e. The maximum Gasteiger partial charge on any atom is 0.355 e. The van der Waals surface area contributed by atoms with Crippen molar-refractivity contribution >= 4 is 11.8 Å². The molecule has 2 heterocycles. The van der Waals surface area contributed by atoms with Crippen LogP contribution in [0.3, 0.4) is 0 Å². The van der Waals surface area contributed by atoms with Gasteiger partial charge < -0.3 is 18.9 Å². The normalized spacial score (nSPS) is 10.7. The van der Waals surface area contributed by atoms with E-state index in [1.807, 2.05) is 0 Å². The van der Waals surface area contributed by atoms with Gasteiger partial charge in [0.1, 0.15) is 11.4 Å². The Labute approximate surface area is 155 Å². The highest BCUT2D eigenvalue weighted by Crippen LogP contribution is 2.22. The van der Waals surface area contributed by atoms with Crippen LogP contribution >= 0.6 is 0 Å². The summed E-state index contributed by atoms with van der Waals surface area (Å²) in [6.45, 7) is 4.72. The Bertz CT molecular complexity index is 985. The minimum absolute atomic E-state index is 0.110. The van der Waals surface area contributed by atoms with Crippen LogP contribution in [-0.2, 0) is 11.3 Å². The molecule has 0 fully saturated rings. The van der Waals surface area contributed by atoms with Crippen LogP contribution < -0.4 is 4.74 Å². The second-order valence-corrected chi connectivity index (χ2v) is 5.99. The van der Waals surface area contributed by atoms with E-state index in [9.17, 15) is 9.59 Å². The number of carbonyl (C=O) groups excluding carboxylic acids is 2. The number of aromatic nitrogens is 3. The molecule has 0 amide bonds. The first-order chi connectivity index (χ1) is 12.9. The first-order valence-corrected chi connectivity index (χ1v) is 8.24. The van der Waals surface area contributed by atoms with Gasteiger partial charge in [0.15, 0.2) is 12.4 Å². The van der Waals surface area contributed by atoms with Gasteiger partial charge in [-0.05, 0) is 50.6 Å². The van der Waals surface area contributed by atoms with Gasteiger partial charge in [-0.15, -0.1) is 10.2 Å². The summed E-state index contributed by atoms with van der Waals surface area (Å²) in [4.78, 5) is 26.9. The molecule has 0 aliphatic rings. The zero-order valence-corrected chi connectivity index (χ0v) is 15.5. The van der Waals surface area contributed by atoms with Gasteiger partial charge in [0.2, 0.25) is 5.89 Å². The Kier molecular flexibility index (Phi) is 5.07. The summed E-state index contributed by atoms with van der Waals surface area (Å²) >= 11 is 0. The Hall–Kier alpha value is -3.42. The average molecular weight is 369 g/mol. The number of ether oxygens (including phenoxy) is 2. The van der Waals surface area contributed by atoms with Crippen molar-refractivity contribution < 1.29 is 23.5 Å². The molecular formula is C19H19N3O5. The molecule has 0 spiro atoms. The van der Waals surface area contributed by atoms with Crippen molar-refractivity contribution in [2.24, 2.45) is 0 Å². The number of rotatable bonds is 6. The highest BCUT2D eigenvalue weighted by molar-refractivity contribution is 6.01. The molecule has 0 atom stereocenters. The molecule has 0 saturated carbocycles. The van der Waals surface area contributed by atoms with Gasteiger partial charge in [-0.1, -0.05) is 0 Å². The lowest BCUT2D eigenvalue weighted by molar-refractivity contribution is 0.0431. The van der Waals surface area contributed by atoms with Gasteiger partial charge in [0, 0.05) is 16.8 Å². The van der Waals surface area contributed by atoms with Gasteiger partial charge >= 0.3 is 5.97 Å². The number of methoxy groups -OCH3 is 1.